The monoisotopic (exact) mass is 609 g/mol. The largest absolute Gasteiger partial charge is 0.573 e. The Balaban J connectivity index is 1.21. The Bertz CT molecular complexity index is 1610. The highest BCUT2D eigenvalue weighted by Gasteiger charge is 2.31. The molecule has 1 saturated carbocycles. The van der Waals surface area contributed by atoms with Gasteiger partial charge in [0.05, 0.1) is 13.7 Å². The number of nitrogens with zero attached hydrogens (tertiary/aromatic N) is 2. The third-order valence-electron chi connectivity index (χ3n) is 7.93. The third kappa shape index (κ3) is 7.69. The van der Waals surface area contributed by atoms with Crippen LogP contribution in [0, 0.1) is 5.92 Å². The van der Waals surface area contributed by atoms with Gasteiger partial charge in [-0.2, -0.15) is 0 Å². The van der Waals surface area contributed by atoms with Crippen LogP contribution in [0.15, 0.2) is 67.0 Å². The van der Waals surface area contributed by atoms with Crippen molar-refractivity contribution < 1.29 is 37.0 Å². The van der Waals surface area contributed by atoms with Crippen molar-refractivity contribution in [2.75, 3.05) is 13.7 Å². The van der Waals surface area contributed by atoms with E-state index >= 15 is 0 Å². The summed E-state index contributed by atoms with van der Waals surface area (Å²) >= 11 is 0. The predicted octanol–water partition coefficient (Wildman–Crippen LogP) is 7.07. The number of fused-ring (bicyclic) bond motifs is 1. The highest BCUT2D eigenvalue weighted by atomic mass is 19.4. The van der Waals surface area contributed by atoms with E-state index in [2.05, 4.69) is 39.3 Å². The van der Waals surface area contributed by atoms with Crippen LogP contribution in [0.4, 0.5) is 13.2 Å². The van der Waals surface area contributed by atoms with Gasteiger partial charge in [-0.15, -0.1) is 13.2 Å². The predicted molar refractivity (Wildman–Crippen MR) is 157 cm³/mol. The number of nitrogens with one attached hydrogen (secondary N) is 1. The second-order valence-corrected chi connectivity index (χ2v) is 10.9. The Labute approximate surface area is 253 Å². The molecule has 5 rings (SSSR count). The van der Waals surface area contributed by atoms with Crippen LogP contribution in [-0.4, -0.2) is 41.3 Å². The Morgan fingerprint density at radius 1 is 0.977 bits per heavy atom. The smallest absolute Gasteiger partial charge is 0.496 e. The number of halogens is 3. The van der Waals surface area contributed by atoms with Crippen molar-refractivity contribution in [2.45, 2.75) is 57.9 Å². The van der Waals surface area contributed by atoms with Crippen LogP contribution in [0.25, 0.3) is 16.8 Å². The van der Waals surface area contributed by atoms with Gasteiger partial charge in [0.1, 0.15) is 22.8 Å². The van der Waals surface area contributed by atoms with Crippen LogP contribution in [0.5, 0.6) is 11.5 Å². The lowest BCUT2D eigenvalue weighted by atomic mass is 9.77. The fraction of sp³-hybridized carbons (Fsp3) is 0.364. The number of ether oxygens (including phenoxy) is 3. The fourth-order valence-electron chi connectivity index (χ4n) is 5.73. The lowest BCUT2D eigenvalue weighted by Crippen LogP contribution is -2.23. The van der Waals surface area contributed by atoms with Crippen molar-refractivity contribution in [2.24, 2.45) is 5.92 Å². The molecule has 0 radical (unpaired) electrons. The van der Waals surface area contributed by atoms with E-state index in [4.69, 9.17) is 9.47 Å². The van der Waals surface area contributed by atoms with Crippen molar-refractivity contribution in [1.29, 1.82) is 0 Å². The zero-order valence-corrected chi connectivity index (χ0v) is 24.5. The van der Waals surface area contributed by atoms with E-state index in [1.165, 1.54) is 24.8 Å². The molecule has 0 unspecified atom stereocenters. The molecular formula is C33H34F3N3O5. The Hall–Kier alpha value is -4.54. The van der Waals surface area contributed by atoms with E-state index in [1.807, 2.05) is 25.3 Å². The number of alkyl halides is 3. The molecule has 2 heterocycles. The van der Waals surface area contributed by atoms with Gasteiger partial charge < -0.3 is 23.9 Å². The number of imidazole rings is 1. The summed E-state index contributed by atoms with van der Waals surface area (Å²) in [6, 6.07) is 15.9. The van der Waals surface area contributed by atoms with Crippen molar-refractivity contribution in [1.82, 2.24) is 14.7 Å². The minimum Gasteiger partial charge on any atom is -0.496 e. The number of benzene rings is 2. The van der Waals surface area contributed by atoms with E-state index in [9.17, 15) is 22.8 Å². The number of hydrogen-bond donors (Lipinski definition) is 1. The molecule has 0 aliphatic heterocycles. The summed E-state index contributed by atoms with van der Waals surface area (Å²) in [5, 5.41) is 2.69. The number of methoxy groups -OCH3 is 1. The van der Waals surface area contributed by atoms with Crippen molar-refractivity contribution >= 4 is 17.5 Å². The number of aromatic nitrogens is 2. The Morgan fingerprint density at radius 3 is 2.39 bits per heavy atom. The summed E-state index contributed by atoms with van der Waals surface area (Å²) in [4.78, 5) is 29.1. The van der Waals surface area contributed by atoms with Crippen LogP contribution in [-0.2, 0) is 16.1 Å². The highest BCUT2D eigenvalue weighted by molar-refractivity contribution is 5.93. The zero-order chi connectivity index (χ0) is 31.3. The SMILES string of the molecule is CCOC(=O)C[C@H]1CC[C@H](c2ccc(-c3ccc4nc(C(=O)NCc5cc(OC(F)(F)F)ccc5OC)cn4c3)cc2)CC1. The van der Waals surface area contributed by atoms with Crippen molar-refractivity contribution in [3.05, 3.63) is 83.8 Å². The summed E-state index contributed by atoms with van der Waals surface area (Å²) in [7, 11) is 1.39. The van der Waals surface area contributed by atoms with Gasteiger partial charge >= 0.3 is 12.3 Å². The molecule has 1 amide bonds. The second kappa shape index (κ2) is 13.4. The van der Waals surface area contributed by atoms with E-state index in [0.29, 0.717) is 41.8 Å². The first-order valence-corrected chi connectivity index (χ1v) is 14.6. The van der Waals surface area contributed by atoms with Gasteiger partial charge in [-0.25, -0.2) is 4.98 Å². The van der Waals surface area contributed by atoms with Gasteiger partial charge in [0.15, 0.2) is 0 Å². The molecule has 44 heavy (non-hydrogen) atoms. The van der Waals surface area contributed by atoms with Crippen LogP contribution in [0.1, 0.15) is 66.6 Å². The summed E-state index contributed by atoms with van der Waals surface area (Å²) in [5.74, 6) is 0.180. The molecule has 0 spiro atoms. The number of esters is 1. The number of amides is 1. The molecule has 11 heteroatoms. The Morgan fingerprint density at radius 2 is 1.70 bits per heavy atom. The molecule has 2 aromatic heterocycles. The molecule has 1 N–H and O–H groups in total. The van der Waals surface area contributed by atoms with Crippen LogP contribution < -0.4 is 14.8 Å². The number of carbonyl (C=O) groups excluding carboxylic acids is 2. The minimum atomic E-state index is -4.83. The molecule has 1 aliphatic rings. The minimum absolute atomic E-state index is 0.0877. The maximum atomic E-state index is 12.9. The van der Waals surface area contributed by atoms with Gasteiger partial charge in [-0.1, -0.05) is 24.3 Å². The van der Waals surface area contributed by atoms with E-state index in [-0.39, 0.29) is 18.2 Å². The molecule has 232 valence electrons. The molecule has 1 fully saturated rings. The van der Waals surface area contributed by atoms with E-state index in [0.717, 1.165) is 42.9 Å². The standard InChI is InChI=1S/C33H34F3N3O5/c1-3-43-31(40)16-21-4-6-22(7-5-21)23-8-10-24(11-9-23)25-12-15-30-38-28(20-39(30)19-25)32(41)37-18-26-17-27(44-33(34,35)36)13-14-29(26)42-2/h8-15,17,19-22H,3-7,16,18H2,1-2H3,(H,37,41)/t21-,22-. The van der Waals surface area contributed by atoms with Crippen LogP contribution in [0.2, 0.25) is 0 Å². The lowest BCUT2D eigenvalue weighted by Gasteiger charge is -2.28. The van der Waals surface area contributed by atoms with Gasteiger partial charge in [0, 0.05) is 30.9 Å². The zero-order valence-electron chi connectivity index (χ0n) is 24.5. The first kappa shape index (κ1) is 30.9. The summed E-state index contributed by atoms with van der Waals surface area (Å²) in [6.07, 6.45) is 3.31. The summed E-state index contributed by atoms with van der Waals surface area (Å²) in [6.45, 7) is 2.16. The lowest BCUT2D eigenvalue weighted by molar-refractivity contribution is -0.274. The second-order valence-electron chi connectivity index (χ2n) is 10.9. The number of rotatable bonds is 10. The first-order valence-electron chi connectivity index (χ1n) is 14.6. The quantitative estimate of drug-likeness (QED) is 0.194. The molecule has 8 nitrogen and oxygen atoms in total. The third-order valence-corrected chi connectivity index (χ3v) is 7.93. The highest BCUT2D eigenvalue weighted by Crippen LogP contribution is 2.38. The van der Waals surface area contributed by atoms with E-state index < -0.39 is 18.0 Å². The average Bonchev–Trinajstić information content (AvgIpc) is 3.44. The molecule has 2 aromatic carbocycles. The maximum Gasteiger partial charge on any atom is 0.573 e. The molecule has 1 aliphatic carbocycles. The number of carbonyl (C=O) groups is 2. The van der Waals surface area contributed by atoms with Gasteiger partial charge in [-0.3, -0.25) is 9.59 Å². The van der Waals surface area contributed by atoms with Gasteiger partial charge in [0.25, 0.3) is 5.91 Å². The Kier molecular flexibility index (Phi) is 9.41. The summed E-state index contributed by atoms with van der Waals surface area (Å²) < 4.78 is 54.0. The molecule has 0 atom stereocenters. The first-order chi connectivity index (χ1) is 21.1. The number of hydrogen-bond acceptors (Lipinski definition) is 6. The molecule has 4 aromatic rings. The van der Waals surface area contributed by atoms with Crippen molar-refractivity contribution in [3.63, 3.8) is 0 Å². The van der Waals surface area contributed by atoms with Gasteiger partial charge in [0.2, 0.25) is 0 Å². The van der Waals surface area contributed by atoms with Crippen LogP contribution >= 0.6 is 0 Å². The average molecular weight is 610 g/mol. The fourth-order valence-corrected chi connectivity index (χ4v) is 5.73. The van der Waals surface area contributed by atoms with Gasteiger partial charge in [-0.05, 0) is 91.5 Å². The maximum absolute atomic E-state index is 12.9. The van der Waals surface area contributed by atoms with Crippen LogP contribution in [0.3, 0.4) is 0 Å². The van der Waals surface area contributed by atoms with E-state index in [1.54, 1.807) is 10.6 Å². The van der Waals surface area contributed by atoms with Crippen molar-refractivity contribution in [3.8, 4) is 22.6 Å². The molecule has 0 bridgehead atoms. The molecule has 0 saturated heterocycles. The topological polar surface area (TPSA) is 91.2 Å². The summed E-state index contributed by atoms with van der Waals surface area (Å²) in [5.41, 5.74) is 4.34. The molecular weight excluding hydrogens is 575 g/mol. The normalized spacial score (nSPS) is 16.8. The number of pyridine rings is 1.